The van der Waals surface area contributed by atoms with E-state index in [4.69, 9.17) is 18.9 Å². The smallest absolute Gasteiger partial charge is 0.309 e. The molecule has 11 atom stereocenters. The van der Waals surface area contributed by atoms with Crippen LogP contribution < -0.4 is 5.32 Å². The number of ether oxygens (including phenoxy) is 4. The first-order chi connectivity index (χ1) is 23.4. The SMILES string of the molecule is CC[C@H](OC)[C@@H](C)C1OC1C(NCc1ccc(C)c(F)c1)C(C)(O)/C=C/C=C(\C)[C@H]1OC(=O)CC(O)CCC(C)(O)[C@@H](OC(C)=O)/C=C/C1C. The third kappa shape index (κ3) is 11.5. The van der Waals surface area contributed by atoms with Crippen molar-refractivity contribution in [2.45, 2.75) is 141 Å². The largest absolute Gasteiger partial charge is 0.457 e. The Morgan fingerprint density at radius 2 is 1.96 bits per heavy atom. The fourth-order valence-electron chi connectivity index (χ4n) is 6.64. The number of cyclic esters (lactones) is 1. The molecule has 11 heteroatoms. The molecule has 1 fully saturated rings. The zero-order chi connectivity index (χ0) is 37.4. The number of allylic oxidation sites excluding steroid dienone is 2. The van der Waals surface area contributed by atoms with Gasteiger partial charge in [-0.25, -0.2) is 4.39 Å². The Hall–Kier alpha value is -2.93. The van der Waals surface area contributed by atoms with Crippen molar-refractivity contribution in [2.75, 3.05) is 7.11 Å². The summed E-state index contributed by atoms with van der Waals surface area (Å²) in [5.74, 6) is -1.78. The Bertz CT molecular complexity index is 1390. The zero-order valence-corrected chi connectivity index (χ0v) is 31.0. The Morgan fingerprint density at radius 3 is 2.58 bits per heavy atom. The second-order valence-corrected chi connectivity index (χ2v) is 14.5. The molecule has 7 unspecified atom stereocenters. The molecule has 4 N–H and O–H groups in total. The van der Waals surface area contributed by atoms with Crippen LogP contribution in [0.25, 0.3) is 0 Å². The summed E-state index contributed by atoms with van der Waals surface area (Å²) in [6.45, 7) is 14.2. The molecule has 2 heterocycles. The number of aliphatic hydroxyl groups is 3. The molecule has 1 aromatic carbocycles. The number of methoxy groups -OCH3 is 1. The van der Waals surface area contributed by atoms with Crippen LogP contribution in [0.1, 0.15) is 85.3 Å². The van der Waals surface area contributed by atoms with E-state index < -0.39 is 53.4 Å². The minimum atomic E-state index is -1.47. The summed E-state index contributed by atoms with van der Waals surface area (Å²) in [6, 6.07) is 4.49. The Labute approximate surface area is 296 Å². The molecule has 50 heavy (non-hydrogen) atoms. The third-order valence-electron chi connectivity index (χ3n) is 9.95. The Kier molecular flexibility index (Phi) is 15.0. The maximum absolute atomic E-state index is 14.3. The van der Waals surface area contributed by atoms with Crippen LogP contribution in [-0.4, -0.2) is 88.2 Å². The molecule has 2 aliphatic rings. The molecule has 0 amide bonds. The predicted molar refractivity (Wildman–Crippen MR) is 188 cm³/mol. The van der Waals surface area contributed by atoms with Gasteiger partial charge in [-0.3, -0.25) is 9.59 Å². The van der Waals surface area contributed by atoms with Crippen LogP contribution in [0, 0.1) is 24.6 Å². The van der Waals surface area contributed by atoms with Gasteiger partial charge in [0.2, 0.25) is 0 Å². The van der Waals surface area contributed by atoms with E-state index in [1.807, 2.05) is 13.0 Å². The minimum Gasteiger partial charge on any atom is -0.457 e. The van der Waals surface area contributed by atoms with Crippen molar-refractivity contribution in [3.8, 4) is 0 Å². The topological polar surface area (TPSA) is 147 Å². The summed E-state index contributed by atoms with van der Waals surface area (Å²) in [6.07, 6.45) is 5.88. The molecule has 0 aliphatic carbocycles. The molecule has 3 rings (SSSR count). The summed E-state index contributed by atoms with van der Waals surface area (Å²) in [7, 11) is 1.68. The highest BCUT2D eigenvalue weighted by Gasteiger charge is 2.54. The van der Waals surface area contributed by atoms with Crippen LogP contribution in [0.3, 0.4) is 0 Å². The molecule has 0 saturated carbocycles. The number of hydrogen-bond acceptors (Lipinski definition) is 10. The number of hydrogen-bond donors (Lipinski definition) is 4. The fourth-order valence-corrected chi connectivity index (χ4v) is 6.64. The van der Waals surface area contributed by atoms with Gasteiger partial charge >= 0.3 is 11.9 Å². The summed E-state index contributed by atoms with van der Waals surface area (Å²) >= 11 is 0. The Balaban J connectivity index is 1.88. The lowest BCUT2D eigenvalue weighted by Gasteiger charge is -2.32. The average molecular weight is 704 g/mol. The van der Waals surface area contributed by atoms with Crippen molar-refractivity contribution >= 4 is 11.9 Å². The standard InChI is InChI=1S/C39H58FNO9/c1-10-31(47-9)26(5)35-36(50-35)37(41-22-28-15-13-23(2)30(40)20-28)39(8,46)18-11-12-24(3)34-25(4)14-16-32(48-27(6)42)38(7,45)19-17-29(43)21-33(44)49-34/h11-16,18,20,25-26,29,31-32,34-37,41,43,45-46H,10,17,19,21-22H2,1-9H3/b16-14+,18-11+,24-12+/t25?,26-,29?,31+,32+,34-,35?,36?,37?,38?,39?/m1/s1. The highest BCUT2D eigenvalue weighted by atomic mass is 19.1. The van der Waals surface area contributed by atoms with E-state index in [2.05, 4.69) is 19.2 Å². The first-order valence-corrected chi connectivity index (χ1v) is 17.6. The lowest BCUT2D eigenvalue weighted by Crippen LogP contribution is -2.52. The molecule has 1 saturated heterocycles. The fraction of sp³-hybridized carbons (Fsp3) is 0.641. The molecule has 0 bridgehead atoms. The van der Waals surface area contributed by atoms with E-state index in [-0.39, 0.29) is 49.3 Å². The van der Waals surface area contributed by atoms with Crippen LogP contribution >= 0.6 is 0 Å². The lowest BCUT2D eigenvalue weighted by molar-refractivity contribution is -0.157. The zero-order valence-electron chi connectivity index (χ0n) is 31.0. The second kappa shape index (κ2) is 18.0. The number of rotatable bonds is 13. The third-order valence-corrected chi connectivity index (χ3v) is 9.95. The van der Waals surface area contributed by atoms with Crippen molar-refractivity contribution in [3.05, 3.63) is 71.1 Å². The first kappa shape index (κ1) is 41.5. The summed E-state index contributed by atoms with van der Waals surface area (Å²) in [5, 5.41) is 36.9. The van der Waals surface area contributed by atoms with Gasteiger partial charge in [0.25, 0.3) is 0 Å². The van der Waals surface area contributed by atoms with E-state index in [0.29, 0.717) is 17.7 Å². The van der Waals surface area contributed by atoms with Crippen LogP contribution in [0.15, 0.2) is 54.2 Å². The maximum atomic E-state index is 14.3. The van der Waals surface area contributed by atoms with Crippen molar-refractivity contribution in [3.63, 3.8) is 0 Å². The molecule has 0 aromatic heterocycles. The van der Waals surface area contributed by atoms with E-state index in [9.17, 15) is 29.3 Å². The Morgan fingerprint density at radius 1 is 1.26 bits per heavy atom. The molecule has 280 valence electrons. The predicted octanol–water partition coefficient (Wildman–Crippen LogP) is 5.01. The summed E-state index contributed by atoms with van der Waals surface area (Å²) < 4.78 is 37.4. The van der Waals surface area contributed by atoms with Gasteiger partial charge in [-0.1, -0.05) is 57.2 Å². The summed E-state index contributed by atoms with van der Waals surface area (Å²) in [5.41, 5.74) is -0.950. The van der Waals surface area contributed by atoms with Gasteiger partial charge < -0.3 is 39.6 Å². The molecule has 2 aliphatic heterocycles. The first-order valence-electron chi connectivity index (χ1n) is 17.6. The van der Waals surface area contributed by atoms with Gasteiger partial charge in [-0.15, -0.1) is 0 Å². The van der Waals surface area contributed by atoms with E-state index in [1.165, 1.54) is 19.9 Å². The number of halogens is 1. The van der Waals surface area contributed by atoms with Gasteiger partial charge in [-0.2, -0.15) is 0 Å². The van der Waals surface area contributed by atoms with E-state index in [0.717, 1.165) is 12.0 Å². The minimum absolute atomic E-state index is 0.0100. The number of aryl methyl sites for hydroxylation is 1. The van der Waals surface area contributed by atoms with Crippen LogP contribution in [0.5, 0.6) is 0 Å². The number of esters is 2. The molecular formula is C39H58FNO9. The van der Waals surface area contributed by atoms with Crippen molar-refractivity contribution in [1.82, 2.24) is 5.32 Å². The number of carbonyl (C=O) groups excluding carboxylic acids is 2. The van der Waals surface area contributed by atoms with Crippen LogP contribution in [0.4, 0.5) is 4.39 Å². The van der Waals surface area contributed by atoms with Crippen molar-refractivity contribution < 1.29 is 48.2 Å². The number of nitrogens with one attached hydrogen (secondary N) is 1. The second-order valence-electron chi connectivity index (χ2n) is 14.5. The monoisotopic (exact) mass is 703 g/mol. The van der Waals surface area contributed by atoms with E-state index >= 15 is 0 Å². The lowest BCUT2D eigenvalue weighted by atomic mass is 9.87. The normalized spacial score (nSPS) is 31.8. The molecular weight excluding hydrogens is 645 g/mol. The van der Waals surface area contributed by atoms with Crippen molar-refractivity contribution in [2.24, 2.45) is 11.8 Å². The average Bonchev–Trinajstić information content (AvgIpc) is 3.82. The van der Waals surface area contributed by atoms with E-state index in [1.54, 1.807) is 64.3 Å². The van der Waals surface area contributed by atoms with Crippen LogP contribution in [-0.2, 0) is 35.1 Å². The highest BCUT2D eigenvalue weighted by Crippen LogP contribution is 2.39. The highest BCUT2D eigenvalue weighted by molar-refractivity contribution is 5.70. The summed E-state index contributed by atoms with van der Waals surface area (Å²) in [4.78, 5) is 24.7. The molecule has 10 nitrogen and oxygen atoms in total. The number of epoxide rings is 1. The van der Waals surface area contributed by atoms with Crippen LogP contribution in [0.2, 0.25) is 0 Å². The molecule has 0 spiro atoms. The van der Waals surface area contributed by atoms with Gasteiger partial charge in [0.15, 0.2) is 0 Å². The number of aliphatic hydroxyl groups excluding tert-OH is 1. The maximum Gasteiger partial charge on any atom is 0.309 e. The molecule has 0 radical (unpaired) electrons. The van der Waals surface area contributed by atoms with Gasteiger partial charge in [0.1, 0.15) is 29.7 Å². The number of carbonyl (C=O) groups is 2. The quantitative estimate of drug-likeness (QED) is 0.0958. The van der Waals surface area contributed by atoms with Crippen molar-refractivity contribution in [1.29, 1.82) is 0 Å². The van der Waals surface area contributed by atoms with Gasteiger partial charge in [0.05, 0.1) is 36.4 Å². The van der Waals surface area contributed by atoms with Gasteiger partial charge in [0, 0.05) is 32.4 Å². The van der Waals surface area contributed by atoms with Gasteiger partial charge in [-0.05, 0) is 75.8 Å². The molecule has 1 aromatic rings. The number of benzene rings is 1.